The zero-order chi connectivity index (χ0) is 20.2. The van der Waals surface area contributed by atoms with Gasteiger partial charge in [-0.3, -0.25) is 14.8 Å². The molecule has 0 aromatic heterocycles. The van der Waals surface area contributed by atoms with Crippen LogP contribution in [0.4, 0.5) is 13.2 Å². The van der Waals surface area contributed by atoms with Crippen molar-refractivity contribution in [1.82, 2.24) is 10.8 Å². The van der Waals surface area contributed by atoms with Crippen LogP contribution in [0.15, 0.2) is 48.5 Å². The van der Waals surface area contributed by atoms with Crippen LogP contribution in [-0.4, -0.2) is 40.2 Å². The summed E-state index contributed by atoms with van der Waals surface area (Å²) < 4.78 is 39.8. The van der Waals surface area contributed by atoms with E-state index in [9.17, 15) is 27.9 Å². The Balaban J connectivity index is 2.24. The van der Waals surface area contributed by atoms with Gasteiger partial charge in [0.2, 0.25) is 0 Å². The number of carbonyl (C=O) groups excluding carboxylic acids is 2. The maximum absolute atomic E-state index is 13.8. The highest BCUT2D eigenvalue weighted by atomic mass is 19.3. The third-order valence-electron chi connectivity index (χ3n) is 4.01. The Kier molecular flexibility index (Phi) is 6.19. The van der Waals surface area contributed by atoms with E-state index in [2.05, 4.69) is 0 Å². The van der Waals surface area contributed by atoms with Gasteiger partial charge in [-0.1, -0.05) is 30.3 Å². The van der Waals surface area contributed by atoms with E-state index in [1.165, 1.54) is 36.4 Å². The molecule has 2 aromatic rings. The summed E-state index contributed by atoms with van der Waals surface area (Å²) in [6.07, 6.45) is -3.37. The fraction of sp³-hybridized carbons (Fsp3) is 0.222. The van der Waals surface area contributed by atoms with Gasteiger partial charge < -0.3 is 10.4 Å². The van der Waals surface area contributed by atoms with E-state index < -0.39 is 35.7 Å². The second-order valence-electron chi connectivity index (χ2n) is 5.97. The van der Waals surface area contributed by atoms with Gasteiger partial charge in [0.05, 0.1) is 0 Å². The van der Waals surface area contributed by atoms with Crippen molar-refractivity contribution in [3.63, 3.8) is 0 Å². The van der Waals surface area contributed by atoms with Crippen molar-refractivity contribution < 1.29 is 33.1 Å². The van der Waals surface area contributed by atoms with E-state index in [1.807, 2.05) is 5.32 Å². The predicted octanol–water partition coefficient (Wildman–Crippen LogP) is 2.11. The maximum Gasteiger partial charge on any atom is 0.269 e. The molecule has 0 spiro atoms. The molecule has 4 N–H and O–H groups in total. The standard InChI is InChI=1S/C18H17F3N2O4/c1-18(26,17(20)21)14(16(25)23-27)22-15(24)11-8-6-10(7-9-11)12-4-2-3-5-13(12)19/h2-9,14,17,26-27H,1H3,(H,22,24)(H,23,25). The molecule has 2 aromatic carbocycles. The molecule has 27 heavy (non-hydrogen) atoms. The van der Waals surface area contributed by atoms with E-state index in [4.69, 9.17) is 5.21 Å². The first-order valence-corrected chi connectivity index (χ1v) is 7.78. The summed E-state index contributed by atoms with van der Waals surface area (Å²) >= 11 is 0. The second kappa shape index (κ2) is 8.19. The zero-order valence-electron chi connectivity index (χ0n) is 14.1. The van der Waals surface area contributed by atoms with Gasteiger partial charge in [-0.2, -0.15) is 0 Å². The smallest absolute Gasteiger partial charge is 0.269 e. The Hall–Kier alpha value is -2.91. The van der Waals surface area contributed by atoms with Gasteiger partial charge in [-0.05, 0) is 30.7 Å². The van der Waals surface area contributed by atoms with Crippen molar-refractivity contribution in [2.75, 3.05) is 0 Å². The number of rotatable bonds is 6. The first-order chi connectivity index (χ1) is 12.7. The topological polar surface area (TPSA) is 98.7 Å². The van der Waals surface area contributed by atoms with Gasteiger partial charge in [-0.15, -0.1) is 0 Å². The molecule has 0 saturated carbocycles. The van der Waals surface area contributed by atoms with Crippen molar-refractivity contribution in [2.24, 2.45) is 0 Å². The van der Waals surface area contributed by atoms with Crippen LogP contribution >= 0.6 is 0 Å². The number of carbonyl (C=O) groups is 2. The molecule has 0 fully saturated rings. The normalized spacial score (nSPS) is 14.3. The van der Waals surface area contributed by atoms with Gasteiger partial charge in [0.25, 0.3) is 18.2 Å². The number of hydroxylamine groups is 1. The molecular weight excluding hydrogens is 365 g/mol. The largest absolute Gasteiger partial charge is 0.381 e. The minimum Gasteiger partial charge on any atom is -0.381 e. The minimum atomic E-state index is -3.37. The fourth-order valence-electron chi connectivity index (χ4n) is 2.38. The second-order valence-corrected chi connectivity index (χ2v) is 5.97. The lowest BCUT2D eigenvalue weighted by Gasteiger charge is -2.30. The molecular formula is C18H17F3N2O4. The Bertz CT molecular complexity index is 826. The number of nitrogens with one attached hydrogen (secondary N) is 2. The van der Waals surface area contributed by atoms with Gasteiger partial charge in [0.1, 0.15) is 11.9 Å². The summed E-state index contributed by atoms with van der Waals surface area (Å²) in [5.74, 6) is -2.80. The SMILES string of the molecule is CC(O)(C(F)F)C(NC(=O)c1ccc(-c2ccccc2F)cc1)C(=O)NO. The monoisotopic (exact) mass is 382 g/mol. The number of alkyl halides is 2. The number of hydrogen-bond donors (Lipinski definition) is 4. The predicted molar refractivity (Wildman–Crippen MR) is 89.6 cm³/mol. The molecule has 0 aliphatic rings. The third kappa shape index (κ3) is 4.44. The Labute approximate surface area is 152 Å². The van der Waals surface area contributed by atoms with Crippen LogP contribution in [0.3, 0.4) is 0 Å². The molecule has 6 nitrogen and oxygen atoms in total. The van der Waals surface area contributed by atoms with Gasteiger partial charge >= 0.3 is 0 Å². The van der Waals surface area contributed by atoms with Crippen molar-refractivity contribution in [2.45, 2.75) is 25.0 Å². The van der Waals surface area contributed by atoms with Crippen molar-refractivity contribution >= 4 is 11.8 Å². The summed E-state index contributed by atoms with van der Waals surface area (Å²) in [6.45, 7) is 0.652. The van der Waals surface area contributed by atoms with Crippen LogP contribution in [0.5, 0.6) is 0 Å². The van der Waals surface area contributed by atoms with Crippen molar-refractivity contribution in [3.05, 3.63) is 59.9 Å². The number of aliphatic hydroxyl groups is 1. The van der Waals surface area contributed by atoms with Crippen LogP contribution < -0.4 is 10.8 Å². The Morgan fingerprint density at radius 2 is 1.67 bits per heavy atom. The highest BCUT2D eigenvalue weighted by Crippen LogP contribution is 2.23. The Morgan fingerprint density at radius 3 is 2.19 bits per heavy atom. The molecule has 2 atom stereocenters. The summed E-state index contributed by atoms with van der Waals surface area (Å²) in [5, 5.41) is 20.4. The molecule has 9 heteroatoms. The number of amides is 2. The van der Waals surface area contributed by atoms with Crippen molar-refractivity contribution in [1.29, 1.82) is 0 Å². The van der Waals surface area contributed by atoms with Crippen molar-refractivity contribution in [3.8, 4) is 11.1 Å². The van der Waals surface area contributed by atoms with E-state index in [-0.39, 0.29) is 5.56 Å². The zero-order valence-corrected chi connectivity index (χ0v) is 14.1. The fourth-order valence-corrected chi connectivity index (χ4v) is 2.38. The van der Waals surface area contributed by atoms with E-state index >= 15 is 0 Å². The number of benzene rings is 2. The third-order valence-corrected chi connectivity index (χ3v) is 4.01. The van der Waals surface area contributed by atoms with Gasteiger partial charge in [-0.25, -0.2) is 18.7 Å². The van der Waals surface area contributed by atoms with Crippen LogP contribution in [0.1, 0.15) is 17.3 Å². The number of halogens is 3. The lowest BCUT2D eigenvalue weighted by atomic mass is 9.95. The van der Waals surface area contributed by atoms with Crippen LogP contribution in [0.25, 0.3) is 11.1 Å². The molecule has 0 radical (unpaired) electrons. The first kappa shape index (κ1) is 20.4. The van der Waals surface area contributed by atoms with E-state index in [0.717, 1.165) is 5.48 Å². The van der Waals surface area contributed by atoms with Gasteiger partial charge in [0.15, 0.2) is 5.60 Å². The molecule has 0 heterocycles. The minimum absolute atomic E-state index is 0.0177. The molecule has 0 saturated heterocycles. The molecule has 2 rings (SSSR count). The molecule has 2 unspecified atom stereocenters. The van der Waals surface area contributed by atoms with Crippen LogP contribution in [0.2, 0.25) is 0 Å². The quantitative estimate of drug-likeness (QED) is 0.454. The highest BCUT2D eigenvalue weighted by Gasteiger charge is 2.46. The van der Waals surface area contributed by atoms with E-state index in [1.54, 1.807) is 12.1 Å². The summed E-state index contributed by atoms with van der Waals surface area (Å²) in [6, 6.07) is 9.39. The molecule has 2 amide bonds. The number of hydrogen-bond acceptors (Lipinski definition) is 4. The summed E-state index contributed by atoms with van der Waals surface area (Å²) in [5.41, 5.74) is -1.02. The Morgan fingerprint density at radius 1 is 1.07 bits per heavy atom. The summed E-state index contributed by atoms with van der Waals surface area (Å²) in [4.78, 5) is 23.9. The molecule has 0 aliphatic heterocycles. The van der Waals surface area contributed by atoms with Crippen LogP contribution in [0, 0.1) is 5.82 Å². The average Bonchev–Trinajstić information content (AvgIpc) is 2.65. The molecule has 0 bridgehead atoms. The average molecular weight is 382 g/mol. The molecule has 144 valence electrons. The van der Waals surface area contributed by atoms with Gasteiger partial charge in [0, 0.05) is 11.1 Å². The van der Waals surface area contributed by atoms with Crippen LogP contribution in [-0.2, 0) is 4.79 Å². The highest BCUT2D eigenvalue weighted by molar-refractivity contribution is 5.98. The van der Waals surface area contributed by atoms with E-state index in [0.29, 0.717) is 18.1 Å². The molecule has 0 aliphatic carbocycles. The lowest BCUT2D eigenvalue weighted by Crippen LogP contribution is -2.61. The first-order valence-electron chi connectivity index (χ1n) is 7.78. The summed E-state index contributed by atoms with van der Waals surface area (Å²) in [7, 11) is 0. The maximum atomic E-state index is 13.8. The lowest BCUT2D eigenvalue weighted by molar-refractivity contribution is -0.149.